The van der Waals surface area contributed by atoms with Gasteiger partial charge >= 0.3 is 0 Å². The Kier molecular flexibility index (Phi) is 7.93. The van der Waals surface area contributed by atoms with Crippen LogP contribution in [0.3, 0.4) is 0 Å². The van der Waals surface area contributed by atoms with Crippen molar-refractivity contribution >= 4 is 10.0 Å². The maximum Gasteiger partial charge on any atom is 0.211 e. The molecule has 2 heterocycles. The molecule has 3 rings (SSSR count). The van der Waals surface area contributed by atoms with Crippen LogP contribution in [0.2, 0.25) is 0 Å². The summed E-state index contributed by atoms with van der Waals surface area (Å²) < 4.78 is 40.0. The molecule has 0 bridgehead atoms. The minimum atomic E-state index is -3.21. The Hall–Kier alpha value is -1.87. The zero-order valence-corrected chi connectivity index (χ0v) is 18.5. The summed E-state index contributed by atoms with van der Waals surface area (Å²) in [5, 5.41) is 0. The number of pyridine rings is 1. The largest absolute Gasteiger partial charge is 0.301 e. The summed E-state index contributed by atoms with van der Waals surface area (Å²) in [5.41, 5.74) is 1.97. The molecule has 1 aliphatic rings. The fourth-order valence-electron chi connectivity index (χ4n) is 3.89. The minimum absolute atomic E-state index is 0.0235. The molecule has 1 saturated heterocycles. The standard InChI is InChI=1S/C22H31FN4O2S/c1-18(2)25-30(28,29)17-5-12-26-13-15-27(16-14-26)22(21-6-3-4-11-24-21)19-7-9-20(23)10-8-19/h3-4,6-11,18,22,25H,5,12-17H2,1-2H3. The number of nitrogens with zero attached hydrogens (tertiary/aromatic N) is 3. The second-order valence-electron chi connectivity index (χ2n) is 8.03. The van der Waals surface area contributed by atoms with Crippen molar-refractivity contribution in [2.45, 2.75) is 32.4 Å². The van der Waals surface area contributed by atoms with Gasteiger partial charge in [0.1, 0.15) is 5.82 Å². The molecule has 1 atom stereocenters. The molecule has 1 aromatic heterocycles. The van der Waals surface area contributed by atoms with Crippen molar-refractivity contribution in [3.63, 3.8) is 0 Å². The van der Waals surface area contributed by atoms with E-state index in [0.29, 0.717) is 6.42 Å². The lowest BCUT2D eigenvalue weighted by molar-refractivity contribution is 0.108. The molecule has 8 heteroatoms. The number of sulfonamides is 1. The fraction of sp³-hybridized carbons (Fsp3) is 0.500. The van der Waals surface area contributed by atoms with Crippen molar-refractivity contribution in [3.8, 4) is 0 Å². The first-order chi connectivity index (χ1) is 14.3. The summed E-state index contributed by atoms with van der Waals surface area (Å²) in [5.74, 6) is -0.0948. The van der Waals surface area contributed by atoms with Gasteiger partial charge in [-0.1, -0.05) is 18.2 Å². The summed E-state index contributed by atoms with van der Waals surface area (Å²) in [7, 11) is -3.21. The van der Waals surface area contributed by atoms with Crippen molar-refractivity contribution in [2.24, 2.45) is 0 Å². The lowest BCUT2D eigenvalue weighted by atomic mass is 10.00. The van der Waals surface area contributed by atoms with E-state index in [1.54, 1.807) is 6.20 Å². The molecule has 0 aliphatic carbocycles. The molecule has 30 heavy (non-hydrogen) atoms. The lowest BCUT2D eigenvalue weighted by Gasteiger charge is -2.39. The molecule has 0 saturated carbocycles. The van der Waals surface area contributed by atoms with Crippen LogP contribution in [0.25, 0.3) is 0 Å². The van der Waals surface area contributed by atoms with E-state index < -0.39 is 10.0 Å². The van der Waals surface area contributed by atoms with Gasteiger partial charge in [-0.05, 0) is 56.6 Å². The molecule has 0 radical (unpaired) electrons. The van der Waals surface area contributed by atoms with Crippen LogP contribution in [0.4, 0.5) is 4.39 Å². The topological polar surface area (TPSA) is 65.5 Å². The third-order valence-corrected chi connectivity index (χ3v) is 6.89. The third kappa shape index (κ3) is 6.57. The number of nitrogens with one attached hydrogen (secondary N) is 1. The van der Waals surface area contributed by atoms with Gasteiger partial charge < -0.3 is 4.90 Å². The van der Waals surface area contributed by atoms with Gasteiger partial charge in [-0.2, -0.15) is 0 Å². The monoisotopic (exact) mass is 434 g/mol. The lowest BCUT2D eigenvalue weighted by Crippen LogP contribution is -2.48. The molecule has 0 spiro atoms. The minimum Gasteiger partial charge on any atom is -0.301 e. The van der Waals surface area contributed by atoms with Gasteiger partial charge in [0.2, 0.25) is 10.0 Å². The Balaban J connectivity index is 1.59. The van der Waals surface area contributed by atoms with Gasteiger partial charge in [-0.15, -0.1) is 0 Å². The summed E-state index contributed by atoms with van der Waals surface area (Å²) in [6.45, 7) is 7.83. The molecule has 1 aliphatic heterocycles. The summed E-state index contributed by atoms with van der Waals surface area (Å²) in [6, 6.07) is 12.4. The van der Waals surface area contributed by atoms with Gasteiger partial charge in [0.15, 0.2) is 0 Å². The smallest absolute Gasteiger partial charge is 0.211 e. The number of rotatable bonds is 9. The Labute approximate surface area is 179 Å². The summed E-state index contributed by atoms with van der Waals surface area (Å²) in [6.07, 6.45) is 2.40. The van der Waals surface area contributed by atoms with Crippen molar-refractivity contribution < 1.29 is 12.8 Å². The zero-order valence-electron chi connectivity index (χ0n) is 17.7. The normalized spacial score (nSPS) is 17.3. The van der Waals surface area contributed by atoms with E-state index in [1.165, 1.54) is 12.1 Å². The van der Waals surface area contributed by atoms with Crippen LogP contribution in [-0.4, -0.2) is 67.7 Å². The van der Waals surface area contributed by atoms with Crippen LogP contribution in [-0.2, 0) is 10.0 Å². The van der Waals surface area contributed by atoms with Crippen molar-refractivity contribution in [1.29, 1.82) is 0 Å². The first-order valence-corrected chi connectivity index (χ1v) is 12.1. The highest BCUT2D eigenvalue weighted by Gasteiger charge is 2.27. The second kappa shape index (κ2) is 10.4. The maximum atomic E-state index is 13.4. The van der Waals surface area contributed by atoms with Gasteiger partial charge in [0.05, 0.1) is 17.5 Å². The average Bonchev–Trinajstić information content (AvgIpc) is 2.70. The second-order valence-corrected chi connectivity index (χ2v) is 9.90. The highest BCUT2D eigenvalue weighted by molar-refractivity contribution is 7.89. The molecular weight excluding hydrogens is 403 g/mol. The maximum absolute atomic E-state index is 13.4. The van der Waals surface area contributed by atoms with Crippen molar-refractivity contribution in [1.82, 2.24) is 19.5 Å². The van der Waals surface area contributed by atoms with E-state index in [1.807, 2.05) is 44.2 Å². The van der Waals surface area contributed by atoms with E-state index in [4.69, 9.17) is 0 Å². The van der Waals surface area contributed by atoms with Crippen LogP contribution in [0.15, 0.2) is 48.7 Å². The number of piperazine rings is 1. The fourth-order valence-corrected chi connectivity index (χ4v) is 5.24. The van der Waals surface area contributed by atoms with E-state index >= 15 is 0 Å². The zero-order chi connectivity index (χ0) is 21.6. The van der Waals surface area contributed by atoms with Crippen LogP contribution in [0.1, 0.15) is 37.6 Å². The highest BCUT2D eigenvalue weighted by atomic mass is 32.2. The van der Waals surface area contributed by atoms with Crippen LogP contribution in [0.5, 0.6) is 0 Å². The summed E-state index contributed by atoms with van der Waals surface area (Å²) >= 11 is 0. The van der Waals surface area contributed by atoms with E-state index in [0.717, 1.165) is 44.0 Å². The van der Waals surface area contributed by atoms with Crippen LogP contribution < -0.4 is 4.72 Å². The van der Waals surface area contributed by atoms with Gasteiger partial charge in [0.25, 0.3) is 0 Å². The van der Waals surface area contributed by atoms with Gasteiger partial charge in [0, 0.05) is 38.4 Å². The predicted octanol–water partition coefficient (Wildman–Crippen LogP) is 2.65. The molecular formula is C22H31FN4O2S. The molecule has 6 nitrogen and oxygen atoms in total. The van der Waals surface area contributed by atoms with E-state index in [-0.39, 0.29) is 23.7 Å². The number of benzene rings is 1. The van der Waals surface area contributed by atoms with Gasteiger partial charge in [-0.3, -0.25) is 9.88 Å². The SMILES string of the molecule is CC(C)NS(=O)(=O)CCCN1CCN(C(c2ccc(F)cc2)c2ccccn2)CC1. The van der Waals surface area contributed by atoms with E-state index in [2.05, 4.69) is 19.5 Å². The van der Waals surface area contributed by atoms with Crippen molar-refractivity contribution in [2.75, 3.05) is 38.5 Å². The van der Waals surface area contributed by atoms with E-state index in [9.17, 15) is 12.8 Å². The van der Waals surface area contributed by atoms with Gasteiger partial charge in [-0.25, -0.2) is 17.5 Å². The Bertz CT molecular complexity index is 883. The Morgan fingerprint density at radius 2 is 1.77 bits per heavy atom. The molecule has 2 aromatic rings. The molecule has 1 aromatic carbocycles. The average molecular weight is 435 g/mol. The molecule has 164 valence electrons. The molecule has 1 unspecified atom stereocenters. The number of hydrogen-bond donors (Lipinski definition) is 1. The number of aromatic nitrogens is 1. The predicted molar refractivity (Wildman–Crippen MR) is 117 cm³/mol. The first-order valence-electron chi connectivity index (χ1n) is 10.5. The quantitative estimate of drug-likeness (QED) is 0.657. The van der Waals surface area contributed by atoms with Crippen LogP contribution >= 0.6 is 0 Å². The Morgan fingerprint density at radius 3 is 2.37 bits per heavy atom. The molecule has 1 fully saturated rings. The molecule has 1 N–H and O–H groups in total. The summed E-state index contributed by atoms with van der Waals surface area (Å²) in [4.78, 5) is 9.22. The van der Waals surface area contributed by atoms with Crippen LogP contribution in [0, 0.1) is 5.82 Å². The Morgan fingerprint density at radius 1 is 1.07 bits per heavy atom. The molecule has 0 amide bonds. The first kappa shape index (κ1) is 22.8. The number of halogens is 1. The highest BCUT2D eigenvalue weighted by Crippen LogP contribution is 2.28. The third-order valence-electron chi connectivity index (χ3n) is 5.23. The van der Waals surface area contributed by atoms with Crippen molar-refractivity contribution in [3.05, 3.63) is 65.7 Å². The number of hydrogen-bond acceptors (Lipinski definition) is 5.